The predicted molar refractivity (Wildman–Crippen MR) is 488 cm³/mol. The normalized spacial score (nSPS) is 14.1. The third-order valence-electron chi connectivity index (χ3n) is 24.4. The highest BCUT2D eigenvalue weighted by Crippen LogP contribution is 2.52. The van der Waals surface area contributed by atoms with Crippen LogP contribution in [0, 0.1) is 11.3 Å². The van der Waals surface area contributed by atoms with E-state index >= 15 is 0 Å². The van der Waals surface area contributed by atoms with Crippen LogP contribution in [0.2, 0.25) is 0 Å². The van der Waals surface area contributed by atoms with E-state index in [1.165, 1.54) is 22.3 Å². The minimum Gasteiger partial charge on any atom is -0.311 e. The molecule has 0 N–H and O–H groups in total. The number of aromatic nitrogens is 4. The van der Waals surface area contributed by atoms with Crippen molar-refractivity contribution in [2.24, 2.45) is 0 Å². The van der Waals surface area contributed by atoms with Crippen LogP contribution in [0.3, 0.4) is 0 Å². The maximum absolute atomic E-state index is 12.8. The molecule has 0 spiro atoms. The molecular weight excluding hydrogens is 1390 g/mol. The van der Waals surface area contributed by atoms with Crippen molar-refractivity contribution in [3.05, 3.63) is 343 Å². The van der Waals surface area contributed by atoms with Crippen molar-refractivity contribution in [2.75, 3.05) is 9.80 Å². The van der Waals surface area contributed by atoms with E-state index in [1.807, 2.05) is 18.2 Å². The minimum atomic E-state index is -0.613. The van der Waals surface area contributed by atoms with Gasteiger partial charge in [-0.2, -0.15) is 5.26 Å². The summed E-state index contributed by atoms with van der Waals surface area (Å²) in [6, 6.07) is 95.5. The number of anilines is 6. The molecular formula is C107H88BN7. The number of fused-ring (bicyclic) bond motifs is 16. The Kier molecular flexibility index (Phi) is 13.5. The van der Waals surface area contributed by atoms with Gasteiger partial charge in [-0.15, -0.1) is 0 Å². The summed E-state index contributed by atoms with van der Waals surface area (Å²) in [5, 5.41) is 19.3. The highest BCUT2D eigenvalue weighted by Gasteiger charge is 2.46. The van der Waals surface area contributed by atoms with Gasteiger partial charge in [-0.25, -0.2) is 0 Å². The number of hydrogen-bond donors (Lipinski definition) is 0. The topological polar surface area (TPSA) is 50.0 Å². The molecule has 15 aromatic carbocycles. The highest BCUT2D eigenvalue weighted by molar-refractivity contribution is 7.00. The van der Waals surface area contributed by atoms with Gasteiger partial charge in [0.2, 0.25) is 0 Å². The molecule has 21 rings (SSSR count). The van der Waals surface area contributed by atoms with Crippen LogP contribution >= 0.6 is 0 Å². The third kappa shape index (κ3) is 10.8. The van der Waals surface area contributed by atoms with Crippen LogP contribution in [0.25, 0.3) is 132 Å². The van der Waals surface area contributed by atoms with E-state index in [4.69, 9.17) is 2.74 Å². The molecule has 0 saturated carbocycles. The van der Waals surface area contributed by atoms with Crippen LogP contribution < -0.4 is 26.2 Å². The standard InChI is InChI=1S/C107H88BN7/c1-104(2,3)70-42-50-95-82(57-70)83-58-71(105(4,5)6)43-51-96(83)111(95)75-47-49-88-100(62-75)115(94-41-27-40-93(86(94)65-109)114-91-38-25-21-34-80(91)81-35-22-26-39-92(81)114)102-64-77(112-97-52-44-72(106(7,8)9)59-84(97)85-60-73(107(10,11)12)45-53-98(85)112)63-101-103(102)108(88)87-48-46-74(110-89-36-23-19-32-78(89)79-33-20-24-37-90(79)110)61-99(87)113(101)76-55-68(66-28-15-13-16-29-66)54-69(56-76)67-30-17-14-18-31-67/h13-64H,1-12H3/i19D,20D,23D,24D,32D,33D,36D,37D. The van der Waals surface area contributed by atoms with Crippen LogP contribution in [0.4, 0.5) is 34.1 Å². The molecule has 0 fully saturated rings. The minimum absolute atomic E-state index is 0.0141. The van der Waals surface area contributed by atoms with Crippen molar-refractivity contribution in [1.82, 2.24) is 18.3 Å². The highest BCUT2D eigenvalue weighted by atomic mass is 15.2. The first-order valence-electron chi connectivity index (χ1n) is 43.9. The number of benzene rings is 15. The molecule has 0 saturated heterocycles. The second-order valence-electron chi connectivity index (χ2n) is 35.5. The summed E-state index contributed by atoms with van der Waals surface area (Å²) in [5.41, 5.74) is 24.5. The van der Waals surface area contributed by atoms with E-state index < -0.39 is 55.1 Å². The number of rotatable bonds is 8. The van der Waals surface area contributed by atoms with E-state index in [0.29, 0.717) is 28.3 Å². The molecule has 7 nitrogen and oxygen atoms in total. The number of para-hydroxylation sites is 4. The Bertz CT molecular complexity index is 7540. The van der Waals surface area contributed by atoms with Gasteiger partial charge in [0.25, 0.3) is 6.71 Å². The van der Waals surface area contributed by atoms with Crippen LogP contribution in [0.1, 0.15) is 122 Å². The second-order valence-corrected chi connectivity index (χ2v) is 35.5. The van der Waals surface area contributed by atoms with Crippen LogP contribution in [-0.4, -0.2) is 25.0 Å². The Balaban J connectivity index is 0.957. The summed E-state index contributed by atoms with van der Waals surface area (Å²) in [6.45, 7) is 26.6. The molecule has 0 amide bonds. The van der Waals surface area contributed by atoms with Crippen molar-refractivity contribution < 1.29 is 11.0 Å². The van der Waals surface area contributed by atoms with Gasteiger partial charge >= 0.3 is 0 Å². The molecule has 0 atom stereocenters. The van der Waals surface area contributed by atoms with Crippen molar-refractivity contribution in [3.8, 4) is 51.1 Å². The van der Waals surface area contributed by atoms with Crippen LogP contribution in [0.5, 0.6) is 0 Å². The summed E-state index contributed by atoms with van der Waals surface area (Å²) in [6.07, 6.45) is 0. The van der Waals surface area contributed by atoms with Gasteiger partial charge in [0, 0.05) is 82.9 Å². The summed E-state index contributed by atoms with van der Waals surface area (Å²) in [7, 11) is 0. The Morgan fingerprint density at radius 2 is 0.643 bits per heavy atom. The van der Waals surface area contributed by atoms with E-state index in [1.54, 1.807) is 4.57 Å². The fraction of sp³-hybridized carbons (Fsp3) is 0.150. The van der Waals surface area contributed by atoms with Gasteiger partial charge in [0.05, 0.1) is 72.2 Å². The first-order chi connectivity index (χ1) is 58.9. The molecule has 2 aliphatic rings. The first kappa shape index (κ1) is 61.3. The average Bonchev–Trinajstić information content (AvgIpc) is 1.57. The Labute approximate surface area is 683 Å². The summed E-state index contributed by atoms with van der Waals surface area (Å²) in [5.74, 6) is 0. The quantitative estimate of drug-likeness (QED) is 0.142. The molecule has 6 heterocycles. The summed E-state index contributed by atoms with van der Waals surface area (Å²) < 4.78 is 84.9. The fourth-order valence-corrected chi connectivity index (χ4v) is 18.6. The molecule has 19 aromatic rings. The molecule has 4 aromatic heterocycles. The second kappa shape index (κ2) is 25.3. The van der Waals surface area contributed by atoms with Crippen molar-refractivity contribution >= 4 is 144 Å². The van der Waals surface area contributed by atoms with E-state index in [9.17, 15) is 13.5 Å². The Hall–Kier alpha value is -13.3. The largest absolute Gasteiger partial charge is 0.311 e. The van der Waals surface area contributed by atoms with Crippen LogP contribution in [0.15, 0.2) is 315 Å². The predicted octanol–water partition coefficient (Wildman–Crippen LogP) is 26.6. The maximum Gasteiger partial charge on any atom is 0.252 e. The molecule has 0 aliphatic carbocycles. The zero-order valence-electron chi connectivity index (χ0n) is 74.6. The SMILES string of the molecule is [2H]c1c([2H])c([2H])c2c(c1[2H])c1c([2H])c([2H])c([2H])c([2H])c1n2-c1ccc2c(c1)N(c1cc(-c3ccccc3)cc(-c3ccccc3)c1)c1cc(-n3c4ccc(C(C)(C)C)cc4c4cc(C(C)(C)C)ccc43)cc3c1B2c1ccc(-n2c4ccc(C(C)(C)C)cc4c4cc(C(C)(C)C)ccc42)cc1N3c1cccc(-n2c3ccccc3c3ccccc32)c1C#N. The van der Waals surface area contributed by atoms with Gasteiger partial charge in [0.15, 0.2) is 0 Å². The summed E-state index contributed by atoms with van der Waals surface area (Å²) in [4.78, 5) is 4.73. The van der Waals surface area contributed by atoms with Crippen molar-refractivity contribution in [3.63, 3.8) is 0 Å². The molecule has 2 aliphatic heterocycles. The monoisotopic (exact) mass is 1490 g/mol. The van der Waals surface area contributed by atoms with Gasteiger partial charge in [-0.05, 0) is 222 Å². The van der Waals surface area contributed by atoms with Gasteiger partial charge in [-0.1, -0.05) is 259 Å². The van der Waals surface area contributed by atoms with Crippen molar-refractivity contribution in [2.45, 2.75) is 105 Å². The zero-order chi connectivity index (χ0) is 85.4. The lowest BCUT2D eigenvalue weighted by Crippen LogP contribution is -2.61. The lowest BCUT2D eigenvalue weighted by Gasteiger charge is -2.45. The van der Waals surface area contributed by atoms with Gasteiger partial charge in [0.1, 0.15) is 11.6 Å². The number of nitriles is 1. The molecule has 8 heteroatoms. The molecule has 0 unspecified atom stereocenters. The van der Waals surface area contributed by atoms with E-state index in [-0.39, 0.29) is 43.5 Å². The number of nitrogens with zero attached hydrogens (tertiary/aromatic N) is 7. The third-order valence-corrected chi connectivity index (χ3v) is 24.4. The maximum atomic E-state index is 12.8. The van der Waals surface area contributed by atoms with Crippen molar-refractivity contribution in [1.29, 1.82) is 5.26 Å². The van der Waals surface area contributed by atoms with E-state index in [2.05, 4.69) is 361 Å². The first-order valence-corrected chi connectivity index (χ1v) is 39.9. The van der Waals surface area contributed by atoms with Gasteiger partial charge < -0.3 is 28.1 Å². The Morgan fingerprint density at radius 1 is 0.270 bits per heavy atom. The van der Waals surface area contributed by atoms with Gasteiger partial charge in [-0.3, -0.25) is 0 Å². The zero-order valence-corrected chi connectivity index (χ0v) is 66.6. The van der Waals surface area contributed by atoms with E-state index in [0.717, 1.165) is 138 Å². The Morgan fingerprint density at radius 3 is 1.09 bits per heavy atom. The smallest absolute Gasteiger partial charge is 0.252 e. The molecule has 0 radical (unpaired) electrons. The summed E-state index contributed by atoms with van der Waals surface area (Å²) >= 11 is 0. The lowest BCUT2D eigenvalue weighted by atomic mass is 9.33. The molecule has 0 bridgehead atoms. The number of hydrogen-bond acceptors (Lipinski definition) is 3. The van der Waals surface area contributed by atoms with Crippen LogP contribution in [-0.2, 0) is 21.7 Å². The molecule has 115 heavy (non-hydrogen) atoms. The molecule has 554 valence electrons. The lowest BCUT2D eigenvalue weighted by molar-refractivity contribution is 0.590. The average molecular weight is 1490 g/mol. The fourth-order valence-electron chi connectivity index (χ4n) is 18.6.